The van der Waals surface area contributed by atoms with Crippen molar-refractivity contribution in [3.8, 4) is 0 Å². The molecule has 0 aromatic heterocycles. The van der Waals surface area contributed by atoms with Gasteiger partial charge in [0.2, 0.25) is 0 Å². The van der Waals surface area contributed by atoms with E-state index in [0.717, 1.165) is 17.7 Å². The molecule has 0 atom stereocenters. The van der Waals surface area contributed by atoms with Crippen LogP contribution in [0.2, 0.25) is 5.02 Å². The summed E-state index contributed by atoms with van der Waals surface area (Å²) >= 11 is 5.52. The summed E-state index contributed by atoms with van der Waals surface area (Å²) in [5.74, 6) is 0. The second kappa shape index (κ2) is 5.97. The number of amides is 2. The molecule has 0 aliphatic heterocycles. The van der Waals surface area contributed by atoms with Gasteiger partial charge in [-0.25, -0.2) is 4.79 Å². The molecule has 2 amide bonds. The Labute approximate surface area is 113 Å². The first-order valence-electron chi connectivity index (χ1n) is 5.28. The topological polar surface area (TPSA) is 41.1 Å². The molecule has 0 aliphatic rings. The van der Waals surface area contributed by atoms with E-state index in [9.17, 15) is 18.0 Å². The Kier molecular flexibility index (Phi) is 4.83. The zero-order valence-electron chi connectivity index (χ0n) is 10.2. The minimum atomic E-state index is -4.59. The van der Waals surface area contributed by atoms with Crippen LogP contribution in [0.1, 0.15) is 19.4 Å². The lowest BCUT2D eigenvalue weighted by Gasteiger charge is -2.14. The van der Waals surface area contributed by atoms with Crippen LogP contribution in [0, 0.1) is 0 Å². The lowest BCUT2D eigenvalue weighted by Crippen LogP contribution is -2.25. The molecule has 0 radical (unpaired) electrons. The second-order valence-corrected chi connectivity index (χ2v) is 4.44. The lowest BCUT2D eigenvalue weighted by atomic mass is 10.1. The number of nitrogens with one attached hydrogen (secondary N) is 2. The van der Waals surface area contributed by atoms with Gasteiger partial charge in [0.15, 0.2) is 0 Å². The second-order valence-electron chi connectivity index (χ2n) is 4.01. The van der Waals surface area contributed by atoms with Crippen LogP contribution >= 0.6 is 11.6 Å². The molecule has 0 aliphatic carbocycles. The number of allylic oxidation sites excluding steroid dienone is 1. The summed E-state index contributed by atoms with van der Waals surface area (Å²) in [4.78, 5) is 11.4. The highest BCUT2D eigenvalue weighted by Crippen LogP contribution is 2.36. The number of rotatable bonds is 2. The first-order valence-corrected chi connectivity index (χ1v) is 5.65. The van der Waals surface area contributed by atoms with Crippen molar-refractivity contribution >= 4 is 23.3 Å². The fourth-order valence-electron chi connectivity index (χ4n) is 1.23. The van der Waals surface area contributed by atoms with Gasteiger partial charge in [-0.1, -0.05) is 17.2 Å². The highest BCUT2D eigenvalue weighted by Gasteiger charge is 2.34. The molecule has 7 heteroatoms. The first kappa shape index (κ1) is 15.4. The average Bonchev–Trinajstić information content (AvgIpc) is 2.27. The predicted octanol–water partition coefficient (Wildman–Crippen LogP) is 4.40. The van der Waals surface area contributed by atoms with Gasteiger partial charge < -0.3 is 10.6 Å². The van der Waals surface area contributed by atoms with Crippen molar-refractivity contribution in [2.24, 2.45) is 0 Å². The molecule has 0 unspecified atom stereocenters. The average molecular weight is 293 g/mol. The molecule has 1 aromatic rings. The Morgan fingerprint density at radius 3 is 2.47 bits per heavy atom. The fourth-order valence-corrected chi connectivity index (χ4v) is 1.40. The normalized spacial score (nSPS) is 10.8. The van der Waals surface area contributed by atoms with E-state index in [0.29, 0.717) is 0 Å². The maximum Gasteiger partial charge on any atom is 0.418 e. The quantitative estimate of drug-likeness (QED) is 0.833. The van der Waals surface area contributed by atoms with Crippen LogP contribution in [0.15, 0.2) is 30.0 Å². The number of alkyl halides is 3. The Balaban J connectivity index is 2.95. The van der Waals surface area contributed by atoms with Crippen LogP contribution in [-0.2, 0) is 6.18 Å². The van der Waals surface area contributed by atoms with Crippen molar-refractivity contribution < 1.29 is 18.0 Å². The smallest absolute Gasteiger partial charge is 0.314 e. The number of benzene rings is 1. The van der Waals surface area contributed by atoms with Gasteiger partial charge in [0.1, 0.15) is 0 Å². The molecule has 19 heavy (non-hydrogen) atoms. The number of carbonyl (C=O) groups is 1. The van der Waals surface area contributed by atoms with Gasteiger partial charge in [-0.2, -0.15) is 13.2 Å². The summed E-state index contributed by atoms with van der Waals surface area (Å²) in [6.07, 6.45) is -3.21. The van der Waals surface area contributed by atoms with Gasteiger partial charge in [0.25, 0.3) is 0 Å². The van der Waals surface area contributed by atoms with Crippen molar-refractivity contribution in [3.63, 3.8) is 0 Å². The first-order chi connectivity index (χ1) is 8.70. The number of halogens is 4. The van der Waals surface area contributed by atoms with E-state index in [1.807, 2.05) is 0 Å². The van der Waals surface area contributed by atoms with Gasteiger partial charge in [0, 0.05) is 11.2 Å². The standard InChI is InChI=1S/C12H12ClF3N2O/c1-7(2)6-17-11(19)18-10-4-3-8(13)5-9(10)12(14,15)16/h3-6H,1-2H3,(H2,17,18,19). The molecule has 1 rings (SSSR count). The van der Waals surface area contributed by atoms with Crippen LogP contribution in [-0.4, -0.2) is 6.03 Å². The molecular weight excluding hydrogens is 281 g/mol. The highest BCUT2D eigenvalue weighted by atomic mass is 35.5. The molecule has 2 N–H and O–H groups in total. The molecule has 0 saturated carbocycles. The van der Waals surface area contributed by atoms with Gasteiger partial charge in [-0.15, -0.1) is 0 Å². The highest BCUT2D eigenvalue weighted by molar-refractivity contribution is 6.30. The summed E-state index contributed by atoms with van der Waals surface area (Å²) in [6.45, 7) is 3.48. The van der Waals surface area contributed by atoms with Gasteiger partial charge in [-0.05, 0) is 32.0 Å². The zero-order valence-corrected chi connectivity index (χ0v) is 11.0. The third kappa shape index (κ3) is 4.82. The number of anilines is 1. The number of urea groups is 1. The van der Waals surface area contributed by atoms with E-state index in [-0.39, 0.29) is 10.7 Å². The molecule has 3 nitrogen and oxygen atoms in total. The molecule has 0 saturated heterocycles. The fraction of sp³-hybridized carbons (Fsp3) is 0.250. The van der Waals surface area contributed by atoms with E-state index in [2.05, 4.69) is 10.6 Å². The summed E-state index contributed by atoms with van der Waals surface area (Å²) in [5.41, 5.74) is -0.536. The van der Waals surface area contributed by atoms with Gasteiger partial charge >= 0.3 is 12.2 Å². The van der Waals surface area contributed by atoms with E-state index in [1.54, 1.807) is 13.8 Å². The van der Waals surface area contributed by atoms with Crippen LogP contribution in [0.25, 0.3) is 0 Å². The van der Waals surface area contributed by atoms with Gasteiger partial charge in [-0.3, -0.25) is 0 Å². The Hall–Kier alpha value is -1.69. The Bertz CT molecular complexity index is 508. The minimum Gasteiger partial charge on any atom is -0.314 e. The lowest BCUT2D eigenvalue weighted by molar-refractivity contribution is -0.136. The zero-order chi connectivity index (χ0) is 14.6. The molecular formula is C12H12ClF3N2O. The van der Waals surface area contributed by atoms with Crippen LogP contribution in [0.5, 0.6) is 0 Å². The van der Waals surface area contributed by atoms with E-state index in [4.69, 9.17) is 11.6 Å². The van der Waals surface area contributed by atoms with Gasteiger partial charge in [0.05, 0.1) is 11.3 Å². The number of hydrogen-bond donors (Lipinski definition) is 2. The maximum atomic E-state index is 12.8. The maximum absolute atomic E-state index is 12.8. The van der Waals surface area contributed by atoms with Crippen LogP contribution in [0.4, 0.5) is 23.7 Å². The van der Waals surface area contributed by atoms with Crippen molar-refractivity contribution in [3.05, 3.63) is 40.6 Å². The van der Waals surface area contributed by atoms with Crippen molar-refractivity contribution in [2.45, 2.75) is 20.0 Å². The third-order valence-electron chi connectivity index (χ3n) is 2.03. The molecule has 0 spiro atoms. The third-order valence-corrected chi connectivity index (χ3v) is 2.26. The summed E-state index contributed by atoms with van der Waals surface area (Å²) in [6, 6.07) is 2.38. The van der Waals surface area contributed by atoms with Crippen LogP contribution in [0.3, 0.4) is 0 Å². The Morgan fingerprint density at radius 2 is 1.95 bits per heavy atom. The number of hydrogen-bond acceptors (Lipinski definition) is 1. The minimum absolute atomic E-state index is 0.0532. The summed E-state index contributed by atoms with van der Waals surface area (Å²) in [5, 5.41) is 4.38. The largest absolute Gasteiger partial charge is 0.418 e. The molecule has 0 bridgehead atoms. The summed E-state index contributed by atoms with van der Waals surface area (Å²) in [7, 11) is 0. The van der Waals surface area contributed by atoms with E-state index >= 15 is 0 Å². The molecule has 1 aromatic carbocycles. The predicted molar refractivity (Wildman–Crippen MR) is 68.0 cm³/mol. The van der Waals surface area contributed by atoms with Crippen molar-refractivity contribution in [1.82, 2.24) is 5.32 Å². The van der Waals surface area contributed by atoms with E-state index < -0.39 is 17.8 Å². The molecule has 0 fully saturated rings. The molecule has 0 heterocycles. The van der Waals surface area contributed by atoms with Crippen molar-refractivity contribution in [1.29, 1.82) is 0 Å². The SMILES string of the molecule is CC(C)=CNC(=O)Nc1ccc(Cl)cc1C(F)(F)F. The van der Waals surface area contributed by atoms with E-state index in [1.165, 1.54) is 12.3 Å². The Morgan fingerprint density at radius 1 is 1.32 bits per heavy atom. The van der Waals surface area contributed by atoms with Crippen molar-refractivity contribution in [2.75, 3.05) is 5.32 Å². The monoisotopic (exact) mass is 292 g/mol. The van der Waals surface area contributed by atoms with Crippen LogP contribution < -0.4 is 10.6 Å². The molecule has 104 valence electrons. The number of carbonyl (C=O) groups excluding carboxylic acids is 1. The summed E-state index contributed by atoms with van der Waals surface area (Å²) < 4.78 is 38.3.